The summed E-state index contributed by atoms with van der Waals surface area (Å²) in [5.41, 5.74) is 5.18. The van der Waals surface area contributed by atoms with Crippen LogP contribution in [0.25, 0.3) is 43.6 Å². The van der Waals surface area contributed by atoms with Crippen LogP contribution in [-0.4, -0.2) is 32.9 Å². The Kier molecular flexibility index (Phi) is 4.49. The molecule has 34 heavy (non-hydrogen) atoms. The molecular formula is C29H25N3O2. The Hall–Kier alpha value is -4.12. The van der Waals surface area contributed by atoms with Crippen molar-refractivity contribution < 1.29 is 9.59 Å². The largest absolute Gasteiger partial charge is 0.338 e. The Morgan fingerprint density at radius 1 is 0.706 bits per heavy atom. The second kappa shape index (κ2) is 7.45. The maximum Gasteiger partial charge on any atom is 0.262 e. The molecule has 0 bridgehead atoms. The van der Waals surface area contributed by atoms with Crippen molar-refractivity contribution >= 4 is 55.4 Å². The smallest absolute Gasteiger partial charge is 0.262 e. The molecule has 5 aromatic rings. The summed E-state index contributed by atoms with van der Waals surface area (Å²) in [5, 5.41) is 3.73. The molecule has 0 atom stereocenters. The van der Waals surface area contributed by atoms with Gasteiger partial charge in [-0.05, 0) is 25.0 Å². The number of allylic oxidation sites excluding steroid dienone is 2. The minimum atomic E-state index is -0.235. The number of imide groups is 1. The number of amides is 2. The standard InChI is InChI=1S/C29H25N3O2/c1-4-6-16-31-20-14-10-8-12-18(20)22-24-25(29(34)30(3)28(24)33)23-19-13-9-11-15-21(19)32(17-7-5-2)27(23)26(22)31/h4-5,8-15H,1-2,6-7,16-17H2,3H3. The number of carbonyl (C=O) groups is 2. The molecule has 0 spiro atoms. The van der Waals surface area contributed by atoms with Crippen LogP contribution in [0.5, 0.6) is 0 Å². The second-order valence-electron chi connectivity index (χ2n) is 8.86. The van der Waals surface area contributed by atoms with E-state index in [0.717, 1.165) is 69.5 Å². The summed E-state index contributed by atoms with van der Waals surface area (Å²) in [7, 11) is 1.58. The molecule has 2 amide bonds. The zero-order valence-electron chi connectivity index (χ0n) is 19.2. The average Bonchev–Trinajstić information content (AvgIpc) is 3.44. The van der Waals surface area contributed by atoms with Gasteiger partial charge in [0.1, 0.15) is 0 Å². The highest BCUT2D eigenvalue weighted by Gasteiger charge is 2.40. The van der Waals surface area contributed by atoms with Gasteiger partial charge in [0, 0.05) is 52.7 Å². The van der Waals surface area contributed by atoms with E-state index in [0.29, 0.717) is 11.1 Å². The Bertz CT molecular complexity index is 1570. The summed E-state index contributed by atoms with van der Waals surface area (Å²) < 4.78 is 4.60. The number of nitrogens with zero attached hydrogens (tertiary/aromatic N) is 3. The molecule has 2 aromatic heterocycles. The summed E-state index contributed by atoms with van der Waals surface area (Å²) in [6.45, 7) is 9.34. The van der Waals surface area contributed by atoms with E-state index in [-0.39, 0.29) is 11.8 Å². The maximum atomic E-state index is 13.5. The zero-order valence-corrected chi connectivity index (χ0v) is 19.2. The quantitative estimate of drug-likeness (QED) is 0.227. The number of hydrogen-bond acceptors (Lipinski definition) is 2. The summed E-state index contributed by atoms with van der Waals surface area (Å²) in [6, 6.07) is 16.3. The van der Waals surface area contributed by atoms with Crippen molar-refractivity contribution in [2.45, 2.75) is 25.9 Å². The number of rotatable bonds is 6. The number of carbonyl (C=O) groups excluding carboxylic acids is 2. The van der Waals surface area contributed by atoms with Gasteiger partial charge in [0.25, 0.3) is 11.8 Å². The highest BCUT2D eigenvalue weighted by molar-refractivity contribution is 6.39. The highest BCUT2D eigenvalue weighted by Crippen LogP contribution is 2.46. The number of aromatic nitrogens is 2. The topological polar surface area (TPSA) is 47.2 Å². The lowest BCUT2D eigenvalue weighted by atomic mass is 9.96. The molecule has 0 N–H and O–H groups in total. The first kappa shape index (κ1) is 20.5. The lowest BCUT2D eigenvalue weighted by molar-refractivity contribution is 0.0694. The van der Waals surface area contributed by atoms with E-state index < -0.39 is 0 Å². The summed E-state index contributed by atoms with van der Waals surface area (Å²) in [4.78, 5) is 28.3. The van der Waals surface area contributed by atoms with Gasteiger partial charge in [-0.1, -0.05) is 48.6 Å². The second-order valence-corrected chi connectivity index (χ2v) is 8.86. The van der Waals surface area contributed by atoms with Crippen LogP contribution >= 0.6 is 0 Å². The summed E-state index contributed by atoms with van der Waals surface area (Å²) >= 11 is 0. The van der Waals surface area contributed by atoms with Gasteiger partial charge in [0.05, 0.1) is 22.2 Å². The number of fused-ring (bicyclic) bond motifs is 10. The van der Waals surface area contributed by atoms with Crippen molar-refractivity contribution in [2.24, 2.45) is 0 Å². The molecule has 0 saturated heterocycles. The molecule has 1 aliphatic rings. The Labute approximate surface area is 197 Å². The molecule has 5 heteroatoms. The lowest BCUT2D eigenvalue weighted by Crippen LogP contribution is -2.24. The van der Waals surface area contributed by atoms with Crippen molar-refractivity contribution in [1.82, 2.24) is 14.0 Å². The van der Waals surface area contributed by atoms with Gasteiger partial charge in [-0.25, -0.2) is 0 Å². The summed E-state index contributed by atoms with van der Waals surface area (Å²) in [5.74, 6) is -0.470. The fourth-order valence-corrected chi connectivity index (χ4v) is 5.62. The Balaban J connectivity index is 1.97. The van der Waals surface area contributed by atoms with E-state index in [1.54, 1.807) is 7.05 Å². The third kappa shape index (κ3) is 2.49. The van der Waals surface area contributed by atoms with Crippen molar-refractivity contribution in [3.8, 4) is 0 Å². The van der Waals surface area contributed by atoms with Gasteiger partial charge < -0.3 is 9.13 Å². The first-order valence-corrected chi connectivity index (χ1v) is 11.6. The minimum absolute atomic E-state index is 0.235. The van der Waals surface area contributed by atoms with Crippen molar-refractivity contribution in [2.75, 3.05) is 7.05 Å². The average molecular weight is 448 g/mol. The SMILES string of the molecule is C=CCCn1c2ccccc2c2c3c(c4c5ccccc5n(CCC=C)c4c21)C(=O)N(C)C3=O. The van der Waals surface area contributed by atoms with Gasteiger partial charge in [0.2, 0.25) is 0 Å². The van der Waals surface area contributed by atoms with Crippen LogP contribution < -0.4 is 0 Å². The number of aryl methyl sites for hydroxylation is 2. The third-order valence-electron chi connectivity index (χ3n) is 7.07. The number of para-hydroxylation sites is 2. The molecular weight excluding hydrogens is 422 g/mol. The van der Waals surface area contributed by atoms with Gasteiger partial charge >= 0.3 is 0 Å². The molecule has 5 nitrogen and oxygen atoms in total. The molecule has 0 aliphatic carbocycles. The predicted molar refractivity (Wildman–Crippen MR) is 138 cm³/mol. The van der Waals surface area contributed by atoms with Gasteiger partial charge in [0.15, 0.2) is 0 Å². The van der Waals surface area contributed by atoms with Crippen LogP contribution in [0.3, 0.4) is 0 Å². The molecule has 0 fully saturated rings. The monoisotopic (exact) mass is 447 g/mol. The van der Waals surface area contributed by atoms with Gasteiger partial charge in [-0.3, -0.25) is 14.5 Å². The van der Waals surface area contributed by atoms with E-state index in [1.807, 2.05) is 36.4 Å². The van der Waals surface area contributed by atoms with Crippen molar-refractivity contribution in [1.29, 1.82) is 0 Å². The van der Waals surface area contributed by atoms with E-state index in [4.69, 9.17) is 0 Å². The van der Waals surface area contributed by atoms with E-state index in [9.17, 15) is 9.59 Å². The number of hydrogen-bond donors (Lipinski definition) is 0. The summed E-state index contributed by atoms with van der Waals surface area (Å²) in [6.07, 6.45) is 5.43. The van der Waals surface area contributed by atoms with Crippen LogP contribution in [0.2, 0.25) is 0 Å². The van der Waals surface area contributed by atoms with Crippen molar-refractivity contribution in [3.63, 3.8) is 0 Å². The first-order chi connectivity index (χ1) is 16.6. The molecule has 168 valence electrons. The van der Waals surface area contributed by atoms with Gasteiger partial charge in [-0.15, -0.1) is 13.2 Å². The van der Waals surface area contributed by atoms with Crippen LogP contribution in [0.4, 0.5) is 0 Å². The van der Waals surface area contributed by atoms with E-state index in [1.165, 1.54) is 4.90 Å². The Morgan fingerprint density at radius 2 is 1.12 bits per heavy atom. The van der Waals surface area contributed by atoms with Crippen LogP contribution in [0.15, 0.2) is 73.8 Å². The predicted octanol–water partition coefficient (Wildman–Crippen LogP) is 6.28. The van der Waals surface area contributed by atoms with Crippen molar-refractivity contribution in [3.05, 3.63) is 85.0 Å². The van der Waals surface area contributed by atoms with E-state index >= 15 is 0 Å². The molecule has 3 aromatic carbocycles. The highest BCUT2D eigenvalue weighted by atomic mass is 16.2. The molecule has 0 saturated carbocycles. The van der Waals surface area contributed by atoms with Crippen LogP contribution in [-0.2, 0) is 13.1 Å². The zero-order chi connectivity index (χ0) is 23.6. The minimum Gasteiger partial charge on any atom is -0.338 e. The van der Waals surface area contributed by atoms with Gasteiger partial charge in [-0.2, -0.15) is 0 Å². The molecule has 0 radical (unpaired) electrons. The maximum absolute atomic E-state index is 13.5. The third-order valence-corrected chi connectivity index (χ3v) is 7.07. The van der Waals surface area contributed by atoms with E-state index in [2.05, 4.69) is 46.6 Å². The molecule has 0 unspecified atom stereocenters. The molecule has 6 rings (SSSR count). The molecule has 1 aliphatic heterocycles. The molecule has 3 heterocycles. The van der Waals surface area contributed by atoms with Crippen LogP contribution in [0, 0.1) is 0 Å². The first-order valence-electron chi connectivity index (χ1n) is 11.6. The normalized spacial score (nSPS) is 13.6. The number of benzene rings is 3. The fraction of sp³-hybridized carbons (Fsp3) is 0.172. The lowest BCUT2D eigenvalue weighted by Gasteiger charge is -2.12. The fourth-order valence-electron chi connectivity index (χ4n) is 5.62. The van der Waals surface area contributed by atoms with Crippen LogP contribution in [0.1, 0.15) is 33.6 Å². The Morgan fingerprint density at radius 3 is 1.53 bits per heavy atom.